The highest BCUT2D eigenvalue weighted by molar-refractivity contribution is 6.30. The Morgan fingerprint density at radius 3 is 2.59 bits per heavy atom. The van der Waals surface area contributed by atoms with E-state index in [-0.39, 0.29) is 11.5 Å². The van der Waals surface area contributed by atoms with Crippen molar-refractivity contribution < 1.29 is 0 Å². The fourth-order valence-corrected chi connectivity index (χ4v) is 5.46. The first-order valence-electron chi connectivity index (χ1n) is 11.2. The van der Waals surface area contributed by atoms with Crippen molar-refractivity contribution in [2.24, 2.45) is 5.41 Å². The van der Waals surface area contributed by atoms with Gasteiger partial charge in [0.1, 0.15) is 17.6 Å². The lowest BCUT2D eigenvalue weighted by Crippen LogP contribution is -2.73. The number of nitrogens with zero attached hydrogens (tertiary/aromatic N) is 9. The summed E-state index contributed by atoms with van der Waals surface area (Å²) in [6, 6.07) is 15.6. The highest BCUT2D eigenvalue weighted by atomic mass is 35.5. The lowest BCUT2D eigenvalue weighted by molar-refractivity contribution is 0.153. The molecule has 170 valence electrons. The van der Waals surface area contributed by atoms with Crippen LogP contribution in [-0.4, -0.2) is 56.9 Å². The molecule has 0 bridgehead atoms. The van der Waals surface area contributed by atoms with Crippen molar-refractivity contribution in [2.75, 3.05) is 36.0 Å². The molecule has 6 rings (SSSR count). The van der Waals surface area contributed by atoms with Crippen LogP contribution in [0.3, 0.4) is 0 Å². The van der Waals surface area contributed by atoms with E-state index in [9.17, 15) is 5.26 Å². The number of benzene rings is 1. The summed E-state index contributed by atoms with van der Waals surface area (Å²) in [6.45, 7) is 6.67. The van der Waals surface area contributed by atoms with Crippen LogP contribution in [0.5, 0.6) is 0 Å². The van der Waals surface area contributed by atoms with Gasteiger partial charge in [-0.3, -0.25) is 9.47 Å². The minimum Gasteiger partial charge on any atom is -0.355 e. The van der Waals surface area contributed by atoms with E-state index in [1.54, 1.807) is 6.07 Å². The molecule has 5 heterocycles. The molecule has 3 aromatic rings. The van der Waals surface area contributed by atoms with Gasteiger partial charge >= 0.3 is 0 Å². The second-order valence-corrected chi connectivity index (χ2v) is 9.88. The monoisotopic (exact) mass is 471 g/mol. The van der Waals surface area contributed by atoms with Crippen molar-refractivity contribution in [2.45, 2.75) is 26.1 Å². The summed E-state index contributed by atoms with van der Waals surface area (Å²) in [5.74, 6) is 2.52. The molecule has 1 atom stereocenters. The Morgan fingerprint density at radius 2 is 1.82 bits per heavy atom. The van der Waals surface area contributed by atoms with Gasteiger partial charge in [-0.05, 0) is 42.8 Å². The number of hydrogen-bond acceptors (Lipinski definition) is 8. The minimum absolute atomic E-state index is 0.200. The number of nitriles is 2. The maximum atomic E-state index is 9.50. The lowest BCUT2D eigenvalue weighted by Gasteiger charge is -2.60. The van der Waals surface area contributed by atoms with Crippen molar-refractivity contribution in [3.8, 4) is 17.8 Å². The number of pyridine rings is 1. The summed E-state index contributed by atoms with van der Waals surface area (Å²) in [6.07, 6.45) is 0. The fourth-order valence-electron chi connectivity index (χ4n) is 5.26. The first kappa shape index (κ1) is 20.9. The van der Waals surface area contributed by atoms with Crippen molar-refractivity contribution >= 4 is 23.4 Å². The van der Waals surface area contributed by atoms with Crippen molar-refractivity contribution in [1.82, 2.24) is 24.6 Å². The molecule has 0 aliphatic carbocycles. The topological polar surface area (TPSA) is 101 Å². The fraction of sp³-hybridized carbons (Fsp3) is 0.375. The Hall–Kier alpha value is -3.66. The Morgan fingerprint density at radius 1 is 1.03 bits per heavy atom. The zero-order valence-electron chi connectivity index (χ0n) is 18.7. The molecule has 2 saturated heterocycles. The summed E-state index contributed by atoms with van der Waals surface area (Å²) in [7, 11) is 0. The molecule has 34 heavy (non-hydrogen) atoms. The summed E-state index contributed by atoms with van der Waals surface area (Å²) in [4.78, 5) is 11.0. The Kier molecular flexibility index (Phi) is 4.73. The maximum absolute atomic E-state index is 9.50. The highest BCUT2D eigenvalue weighted by Crippen LogP contribution is 2.44. The third kappa shape index (κ3) is 3.28. The van der Waals surface area contributed by atoms with Crippen LogP contribution >= 0.6 is 11.6 Å². The summed E-state index contributed by atoms with van der Waals surface area (Å²) in [5.41, 5.74) is 2.72. The van der Waals surface area contributed by atoms with Gasteiger partial charge in [0.2, 0.25) is 5.95 Å². The number of aromatic nitrogens is 4. The molecule has 3 aliphatic heterocycles. The van der Waals surface area contributed by atoms with Crippen LogP contribution < -0.4 is 9.80 Å². The molecule has 2 fully saturated rings. The van der Waals surface area contributed by atoms with Gasteiger partial charge in [0.25, 0.3) is 0 Å². The van der Waals surface area contributed by atoms with Gasteiger partial charge < -0.3 is 9.80 Å². The number of hydrogen-bond donors (Lipinski definition) is 0. The van der Waals surface area contributed by atoms with Crippen molar-refractivity contribution in [3.63, 3.8) is 0 Å². The van der Waals surface area contributed by atoms with Crippen molar-refractivity contribution in [1.29, 1.82) is 10.5 Å². The van der Waals surface area contributed by atoms with Crippen LogP contribution in [0.1, 0.15) is 24.0 Å². The van der Waals surface area contributed by atoms with Gasteiger partial charge in [-0.25, -0.2) is 4.98 Å². The summed E-state index contributed by atoms with van der Waals surface area (Å²) < 4.78 is 2.12. The summed E-state index contributed by atoms with van der Waals surface area (Å²) >= 11 is 6.32. The molecule has 2 aromatic heterocycles. The Labute approximate surface area is 202 Å². The molecule has 0 amide bonds. The standard InChI is InChI=1S/C24H22ClN9/c1-16(8-26)31-10-17-7-18(25)5-6-20(17)34-22(11-31)29-30-23(34)33-14-24(15-33)12-32(13-24)21-4-2-3-19(9-27)28-21/h2-7,16H,10-15H2,1H3. The molecule has 0 N–H and O–H groups in total. The predicted octanol–water partition coefficient (Wildman–Crippen LogP) is 2.74. The van der Waals surface area contributed by atoms with E-state index in [2.05, 4.69) is 46.6 Å². The molecule has 0 saturated carbocycles. The summed E-state index contributed by atoms with van der Waals surface area (Å²) in [5, 5.41) is 28.4. The molecular weight excluding hydrogens is 450 g/mol. The lowest BCUT2D eigenvalue weighted by atomic mass is 9.73. The smallest absolute Gasteiger partial charge is 0.231 e. The largest absolute Gasteiger partial charge is 0.355 e. The van der Waals surface area contributed by atoms with Crippen LogP contribution in [0, 0.1) is 28.1 Å². The normalized spacial score (nSPS) is 19.2. The minimum atomic E-state index is -0.250. The van der Waals surface area contributed by atoms with E-state index in [1.165, 1.54) is 0 Å². The number of rotatable bonds is 3. The van der Waals surface area contributed by atoms with Crippen LogP contribution in [0.15, 0.2) is 36.4 Å². The van der Waals surface area contributed by atoms with E-state index in [1.807, 2.05) is 37.3 Å². The number of fused-ring (bicyclic) bond motifs is 3. The molecule has 10 heteroatoms. The van der Waals surface area contributed by atoms with Gasteiger partial charge in [-0.1, -0.05) is 17.7 Å². The van der Waals surface area contributed by atoms with Gasteiger partial charge in [0.15, 0.2) is 5.82 Å². The molecule has 1 unspecified atom stereocenters. The van der Waals surface area contributed by atoms with Crippen LogP contribution in [-0.2, 0) is 13.1 Å². The van der Waals surface area contributed by atoms with E-state index >= 15 is 0 Å². The van der Waals surface area contributed by atoms with Gasteiger partial charge in [0.05, 0.1) is 24.3 Å². The predicted molar refractivity (Wildman–Crippen MR) is 127 cm³/mol. The van der Waals surface area contributed by atoms with Crippen LogP contribution in [0.25, 0.3) is 5.69 Å². The highest BCUT2D eigenvalue weighted by Gasteiger charge is 2.53. The number of anilines is 2. The maximum Gasteiger partial charge on any atom is 0.231 e. The first-order valence-corrected chi connectivity index (χ1v) is 11.6. The average Bonchev–Trinajstić information content (AvgIpc) is 3.11. The average molecular weight is 472 g/mol. The van der Waals surface area contributed by atoms with Crippen molar-refractivity contribution in [3.05, 3.63) is 58.5 Å². The molecule has 0 radical (unpaired) electrons. The van der Waals surface area contributed by atoms with E-state index in [0.29, 0.717) is 23.8 Å². The molecular formula is C24H22ClN9. The quantitative estimate of drug-likeness (QED) is 0.574. The third-order valence-corrected chi connectivity index (χ3v) is 7.24. The number of halogens is 1. The second-order valence-electron chi connectivity index (χ2n) is 9.44. The van der Waals surface area contributed by atoms with Gasteiger partial charge in [-0.2, -0.15) is 10.5 Å². The van der Waals surface area contributed by atoms with E-state index < -0.39 is 0 Å². The molecule has 1 aromatic carbocycles. The van der Waals surface area contributed by atoms with Crippen LogP contribution in [0.2, 0.25) is 5.02 Å². The van der Waals surface area contributed by atoms with Crippen LogP contribution in [0.4, 0.5) is 11.8 Å². The van der Waals surface area contributed by atoms with Gasteiger partial charge in [-0.15, -0.1) is 10.2 Å². The zero-order valence-corrected chi connectivity index (χ0v) is 19.4. The van der Waals surface area contributed by atoms with E-state index in [0.717, 1.165) is 55.0 Å². The Bertz CT molecular complexity index is 1350. The van der Waals surface area contributed by atoms with Gasteiger partial charge in [0, 0.05) is 43.2 Å². The molecule has 3 aliphatic rings. The first-order chi connectivity index (χ1) is 16.5. The van der Waals surface area contributed by atoms with E-state index in [4.69, 9.17) is 16.9 Å². The third-order valence-electron chi connectivity index (χ3n) is 7.01. The Balaban J connectivity index is 1.24. The zero-order chi connectivity index (χ0) is 23.4. The second kappa shape index (κ2) is 7.69. The SMILES string of the molecule is CC(C#N)N1Cc2cc(Cl)ccc2-n2c(nnc2N2CC3(CN(c4cccc(C#N)n4)C3)C2)C1. The molecule has 1 spiro atoms. The molecule has 9 nitrogen and oxygen atoms in total.